The highest BCUT2D eigenvalue weighted by Crippen LogP contribution is 2.34. The number of halogens is 1. The molecule has 3 saturated heterocycles. The number of benzene rings is 4. The minimum Gasteiger partial charge on any atom is -0.506 e. The van der Waals surface area contributed by atoms with Gasteiger partial charge in [-0.15, -0.1) is 0 Å². The van der Waals surface area contributed by atoms with Crippen LogP contribution in [0.5, 0.6) is 11.5 Å². The van der Waals surface area contributed by atoms with E-state index in [0.29, 0.717) is 52.4 Å². The first kappa shape index (κ1) is 39.6. The molecule has 6 N–H and O–H groups in total. The van der Waals surface area contributed by atoms with Gasteiger partial charge in [-0.25, -0.2) is 9.59 Å². The van der Waals surface area contributed by atoms with Crippen molar-refractivity contribution in [3.8, 4) is 22.6 Å². The SMILES string of the molecule is COc1cc(NC(=O)OCCCc2ccc(-c3ccccc3)c(NC(=O)O[C@H]3CN4CCC3CC4)c2)c(Cl)cc1CNC[C@H](O)c1ccc(O)c2[nH]c(=O)ccc12. The molecule has 2 bridgehead atoms. The van der Waals surface area contributed by atoms with Crippen LogP contribution in [0.2, 0.25) is 5.02 Å². The molecule has 3 aliphatic heterocycles. The highest BCUT2D eigenvalue weighted by Gasteiger charge is 2.36. The summed E-state index contributed by atoms with van der Waals surface area (Å²) in [4.78, 5) is 42.6. The number of aromatic amines is 1. The molecule has 2 amide bonds. The average Bonchev–Trinajstić information content (AvgIpc) is 3.21. The summed E-state index contributed by atoms with van der Waals surface area (Å²) in [6.07, 6.45) is 1.05. The van der Waals surface area contributed by atoms with E-state index in [0.717, 1.165) is 49.2 Å². The molecule has 2 atom stereocenters. The van der Waals surface area contributed by atoms with Crippen LogP contribution in [0.4, 0.5) is 21.0 Å². The summed E-state index contributed by atoms with van der Waals surface area (Å²) in [6, 6.07) is 25.0. The second-order valence-electron chi connectivity index (χ2n) is 14.4. The highest BCUT2D eigenvalue weighted by molar-refractivity contribution is 6.33. The largest absolute Gasteiger partial charge is 0.506 e. The standard InChI is InChI=1S/C43H46ClN5O8/c1-55-38-22-35(33(44)21-29(38)23-45-24-37(51)31-11-13-36(50)41-32(31)12-14-40(52)48-41)47-42(53)56-19-5-6-26-9-10-30(27-7-3-2-4-8-27)34(20-26)46-43(54)57-39-25-49-17-15-28(39)16-18-49/h2-4,7-14,20-22,28,37,39,45,50-51H,5-6,15-19,23-25H2,1H3,(H,46,54)(H,47,53)(H,48,52)/t37-,39-/m0/s1. The number of aliphatic hydroxyl groups excluding tert-OH is 1. The Hall–Kier alpha value is -5.60. The quantitative estimate of drug-likeness (QED) is 0.0631. The van der Waals surface area contributed by atoms with E-state index in [2.05, 4.69) is 25.8 Å². The maximum absolute atomic E-state index is 13.1. The Morgan fingerprint density at radius 2 is 1.75 bits per heavy atom. The van der Waals surface area contributed by atoms with E-state index in [4.69, 9.17) is 25.8 Å². The third-order valence-electron chi connectivity index (χ3n) is 10.6. The number of nitrogens with one attached hydrogen (secondary N) is 4. The summed E-state index contributed by atoms with van der Waals surface area (Å²) in [5.74, 6) is 0.775. The van der Waals surface area contributed by atoms with Crippen molar-refractivity contribution in [1.82, 2.24) is 15.2 Å². The number of phenols is 1. The molecular formula is C43H46ClN5O8. The topological polar surface area (TPSA) is 174 Å². The Kier molecular flexibility index (Phi) is 12.6. The molecule has 57 heavy (non-hydrogen) atoms. The number of phenolic OH excluding ortho intramolecular Hbond substituents is 1. The number of hydrogen-bond donors (Lipinski definition) is 6. The number of anilines is 2. The van der Waals surface area contributed by atoms with Gasteiger partial charge < -0.3 is 34.7 Å². The number of aromatic hydroxyl groups is 1. The molecule has 0 saturated carbocycles. The maximum atomic E-state index is 13.1. The molecule has 0 radical (unpaired) electrons. The van der Waals surface area contributed by atoms with Crippen molar-refractivity contribution in [2.75, 3.05) is 50.5 Å². The van der Waals surface area contributed by atoms with Gasteiger partial charge in [0.05, 0.1) is 41.7 Å². The first-order chi connectivity index (χ1) is 27.6. The number of fused-ring (bicyclic) bond motifs is 4. The summed E-state index contributed by atoms with van der Waals surface area (Å²) in [5, 5.41) is 30.8. The minimum absolute atomic E-state index is 0.0871. The van der Waals surface area contributed by atoms with Gasteiger partial charge in [-0.1, -0.05) is 60.1 Å². The fourth-order valence-corrected chi connectivity index (χ4v) is 7.88. The number of aliphatic hydroxyl groups is 1. The first-order valence-corrected chi connectivity index (χ1v) is 19.4. The van der Waals surface area contributed by atoms with Crippen LogP contribution in [0.25, 0.3) is 22.0 Å². The molecule has 5 aromatic rings. The van der Waals surface area contributed by atoms with Gasteiger partial charge in [-0.3, -0.25) is 20.3 Å². The molecule has 4 heterocycles. The number of aryl methyl sites for hydroxylation is 1. The van der Waals surface area contributed by atoms with Crippen LogP contribution < -0.4 is 26.2 Å². The lowest BCUT2D eigenvalue weighted by atomic mass is 9.86. The highest BCUT2D eigenvalue weighted by atomic mass is 35.5. The Labute approximate surface area is 334 Å². The van der Waals surface area contributed by atoms with Crippen molar-refractivity contribution in [3.63, 3.8) is 0 Å². The number of nitrogens with zero attached hydrogens (tertiary/aromatic N) is 1. The van der Waals surface area contributed by atoms with Crippen LogP contribution in [0.1, 0.15) is 42.1 Å². The lowest BCUT2D eigenvalue weighted by Gasteiger charge is -2.43. The molecule has 0 unspecified atom stereocenters. The second-order valence-corrected chi connectivity index (χ2v) is 14.8. The smallest absolute Gasteiger partial charge is 0.411 e. The van der Waals surface area contributed by atoms with E-state index in [9.17, 15) is 24.6 Å². The summed E-state index contributed by atoms with van der Waals surface area (Å²) in [5.41, 5.74) is 4.91. The van der Waals surface area contributed by atoms with Gasteiger partial charge in [0.25, 0.3) is 0 Å². The lowest BCUT2D eigenvalue weighted by Crippen LogP contribution is -2.52. The summed E-state index contributed by atoms with van der Waals surface area (Å²) in [7, 11) is 1.50. The van der Waals surface area contributed by atoms with E-state index in [1.165, 1.54) is 19.2 Å². The maximum Gasteiger partial charge on any atom is 0.411 e. The second kappa shape index (κ2) is 18.1. The molecule has 13 nitrogen and oxygen atoms in total. The van der Waals surface area contributed by atoms with E-state index in [-0.39, 0.29) is 47.6 Å². The van der Waals surface area contributed by atoms with Crippen molar-refractivity contribution >= 4 is 46.1 Å². The lowest BCUT2D eigenvalue weighted by molar-refractivity contribution is -0.0289. The average molecular weight is 796 g/mol. The summed E-state index contributed by atoms with van der Waals surface area (Å²) >= 11 is 6.56. The number of hydrogen-bond acceptors (Lipinski definition) is 10. The van der Waals surface area contributed by atoms with Crippen LogP contribution in [0, 0.1) is 5.92 Å². The van der Waals surface area contributed by atoms with Crippen molar-refractivity contribution in [1.29, 1.82) is 0 Å². The number of piperidine rings is 3. The van der Waals surface area contributed by atoms with Crippen molar-refractivity contribution in [2.45, 2.75) is 44.4 Å². The molecule has 3 fully saturated rings. The predicted octanol–water partition coefficient (Wildman–Crippen LogP) is 7.21. The Morgan fingerprint density at radius 3 is 2.51 bits per heavy atom. The Bertz CT molecular complexity index is 2280. The normalized spacial score (nSPS) is 17.8. The van der Waals surface area contributed by atoms with Crippen molar-refractivity contribution in [2.24, 2.45) is 5.92 Å². The van der Waals surface area contributed by atoms with Crippen molar-refractivity contribution < 1.29 is 34.0 Å². The molecule has 4 aromatic carbocycles. The number of methoxy groups -OCH3 is 1. The zero-order valence-corrected chi connectivity index (χ0v) is 32.3. The predicted molar refractivity (Wildman–Crippen MR) is 219 cm³/mol. The number of aromatic nitrogens is 1. The number of pyridine rings is 1. The third-order valence-corrected chi connectivity index (χ3v) is 10.9. The van der Waals surface area contributed by atoms with E-state index in [1.807, 2.05) is 48.5 Å². The van der Waals surface area contributed by atoms with Gasteiger partial charge in [0.1, 0.15) is 17.6 Å². The monoisotopic (exact) mass is 795 g/mol. The number of carbonyl (C=O) groups excluding carboxylic acids is 2. The number of carbonyl (C=O) groups is 2. The van der Waals surface area contributed by atoms with Gasteiger partial charge in [0.15, 0.2) is 0 Å². The van der Waals surface area contributed by atoms with Gasteiger partial charge in [0.2, 0.25) is 5.56 Å². The van der Waals surface area contributed by atoms with Crippen LogP contribution in [0.15, 0.2) is 89.7 Å². The molecule has 1 aromatic heterocycles. The number of H-pyrrole nitrogens is 1. The molecular weight excluding hydrogens is 750 g/mol. The van der Waals surface area contributed by atoms with Crippen molar-refractivity contribution in [3.05, 3.63) is 117 Å². The summed E-state index contributed by atoms with van der Waals surface area (Å²) in [6.45, 7) is 3.47. The molecule has 14 heteroatoms. The Morgan fingerprint density at radius 1 is 0.965 bits per heavy atom. The number of ether oxygens (including phenoxy) is 3. The number of amides is 2. The van der Waals surface area contributed by atoms with Crippen LogP contribution in [-0.2, 0) is 22.4 Å². The van der Waals surface area contributed by atoms with E-state index >= 15 is 0 Å². The van der Waals surface area contributed by atoms with Gasteiger partial charge in [-0.2, -0.15) is 0 Å². The molecule has 3 aliphatic rings. The molecule has 0 spiro atoms. The molecule has 298 valence electrons. The molecule has 0 aliphatic carbocycles. The number of rotatable bonds is 14. The van der Waals surface area contributed by atoms with E-state index in [1.54, 1.807) is 24.3 Å². The molecule has 8 rings (SSSR count). The van der Waals surface area contributed by atoms with Crippen LogP contribution in [-0.4, -0.2) is 78.3 Å². The van der Waals surface area contributed by atoms with Crippen LogP contribution in [0.3, 0.4) is 0 Å². The first-order valence-electron chi connectivity index (χ1n) is 19.1. The zero-order valence-electron chi connectivity index (χ0n) is 31.6. The fourth-order valence-electron chi connectivity index (χ4n) is 7.65. The third kappa shape index (κ3) is 9.69. The Balaban J connectivity index is 0.909. The zero-order chi connectivity index (χ0) is 39.9. The summed E-state index contributed by atoms with van der Waals surface area (Å²) < 4.78 is 17.0. The van der Waals surface area contributed by atoms with Gasteiger partial charge in [-0.05, 0) is 85.6 Å². The van der Waals surface area contributed by atoms with E-state index < -0.39 is 18.3 Å². The fraction of sp³-hybridized carbons (Fsp3) is 0.326. The van der Waals surface area contributed by atoms with Crippen LogP contribution >= 0.6 is 11.6 Å². The van der Waals surface area contributed by atoms with Gasteiger partial charge in [0, 0.05) is 48.3 Å². The minimum atomic E-state index is -0.952. The van der Waals surface area contributed by atoms with Gasteiger partial charge >= 0.3 is 12.2 Å².